The fourth-order valence-corrected chi connectivity index (χ4v) is 4.86. The second-order valence-corrected chi connectivity index (χ2v) is 8.45. The van der Waals surface area contributed by atoms with Gasteiger partial charge in [0.2, 0.25) is 5.91 Å². The monoisotopic (exact) mass is 456 g/mol. The normalized spacial score (nSPS) is 22.7. The second-order valence-electron chi connectivity index (χ2n) is 8.01. The Hall–Kier alpha value is -3.46. The van der Waals surface area contributed by atoms with Crippen LogP contribution in [0.5, 0.6) is 0 Å². The highest BCUT2D eigenvalue weighted by atomic mass is 35.5. The van der Waals surface area contributed by atoms with Gasteiger partial charge in [0.05, 0.1) is 16.7 Å². The number of halogens is 1. The molecule has 0 aromatic heterocycles. The first-order chi connectivity index (χ1) is 15.2. The van der Waals surface area contributed by atoms with Crippen molar-refractivity contribution in [3.8, 4) is 0 Å². The molecule has 1 fully saturated rings. The Balaban J connectivity index is 1.88. The van der Waals surface area contributed by atoms with Crippen LogP contribution in [0, 0.1) is 15.5 Å². The van der Waals surface area contributed by atoms with Crippen LogP contribution in [-0.4, -0.2) is 35.9 Å². The number of amides is 4. The van der Waals surface area contributed by atoms with Crippen molar-refractivity contribution in [1.29, 1.82) is 0 Å². The lowest BCUT2D eigenvalue weighted by Crippen LogP contribution is -2.72. The van der Waals surface area contributed by atoms with E-state index in [4.69, 9.17) is 11.6 Å². The molecule has 2 atom stereocenters. The fourth-order valence-electron chi connectivity index (χ4n) is 4.73. The van der Waals surface area contributed by atoms with E-state index < -0.39 is 34.2 Å². The number of carbonyl (C=O) groups is 3. The lowest BCUT2D eigenvalue weighted by atomic mass is 9.67. The van der Waals surface area contributed by atoms with E-state index in [1.165, 1.54) is 24.3 Å². The average Bonchev–Trinajstić information content (AvgIpc) is 2.75. The van der Waals surface area contributed by atoms with Crippen LogP contribution in [-0.2, 0) is 16.0 Å². The summed E-state index contributed by atoms with van der Waals surface area (Å²) >= 11 is 5.95. The number of anilines is 2. The molecule has 0 radical (unpaired) electrons. The number of barbiturate groups is 1. The predicted octanol–water partition coefficient (Wildman–Crippen LogP) is 3.68. The van der Waals surface area contributed by atoms with Gasteiger partial charge in [0, 0.05) is 36.3 Å². The number of nitro benzene ring substituents is 1. The number of rotatable bonds is 4. The Morgan fingerprint density at radius 1 is 1.19 bits per heavy atom. The van der Waals surface area contributed by atoms with E-state index in [0.29, 0.717) is 23.4 Å². The van der Waals surface area contributed by atoms with E-state index in [1.807, 2.05) is 11.8 Å². The molecule has 1 spiro atoms. The maximum atomic E-state index is 13.9. The van der Waals surface area contributed by atoms with Gasteiger partial charge in [-0.2, -0.15) is 0 Å². The van der Waals surface area contributed by atoms with Crippen molar-refractivity contribution in [2.24, 2.45) is 5.41 Å². The van der Waals surface area contributed by atoms with Crippen molar-refractivity contribution in [2.75, 3.05) is 16.8 Å². The molecule has 10 heteroatoms. The van der Waals surface area contributed by atoms with Gasteiger partial charge in [0.1, 0.15) is 0 Å². The molecule has 4 rings (SSSR count). The van der Waals surface area contributed by atoms with Crippen LogP contribution < -0.4 is 15.1 Å². The summed E-state index contributed by atoms with van der Waals surface area (Å²) in [6, 6.07) is 9.21. The average molecular weight is 457 g/mol. The zero-order valence-electron chi connectivity index (χ0n) is 17.5. The number of hydrogen-bond donors (Lipinski definition) is 1. The number of hydrogen-bond acceptors (Lipinski definition) is 6. The van der Waals surface area contributed by atoms with Crippen LogP contribution in [0.2, 0.25) is 5.02 Å². The van der Waals surface area contributed by atoms with Crippen molar-refractivity contribution in [2.45, 2.75) is 32.2 Å². The predicted molar refractivity (Wildman–Crippen MR) is 119 cm³/mol. The largest absolute Gasteiger partial charge is 0.370 e. The maximum Gasteiger partial charge on any atom is 0.335 e. The van der Waals surface area contributed by atoms with Gasteiger partial charge < -0.3 is 4.90 Å². The molecule has 32 heavy (non-hydrogen) atoms. The van der Waals surface area contributed by atoms with Crippen LogP contribution in [0.25, 0.3) is 0 Å². The van der Waals surface area contributed by atoms with Crippen molar-refractivity contribution in [1.82, 2.24) is 5.32 Å². The number of carbonyl (C=O) groups excluding carboxylic acids is 3. The van der Waals surface area contributed by atoms with E-state index in [9.17, 15) is 24.5 Å². The zero-order valence-corrected chi connectivity index (χ0v) is 18.3. The summed E-state index contributed by atoms with van der Waals surface area (Å²) in [6.07, 6.45) is 1.14. The van der Waals surface area contributed by atoms with Crippen molar-refractivity contribution in [3.05, 3.63) is 63.2 Å². The standard InChI is InChI=1S/C22H21ClN4O5/c1-3-4-18-22(12-13-11-16(27(31)32)9-10-17(13)25(18)2)19(28)24-21(30)26(20(22)29)15-7-5-14(23)6-8-15/h5-11,18H,3-4,12H2,1-2H3,(H,24,28,30)/t18-,22+/m1/s1. The molecule has 166 valence electrons. The van der Waals surface area contributed by atoms with E-state index in [-0.39, 0.29) is 17.8 Å². The number of nitrogens with zero attached hydrogens (tertiary/aromatic N) is 3. The Labute approximate surface area is 189 Å². The molecule has 2 aliphatic rings. The highest BCUT2D eigenvalue weighted by Gasteiger charge is 2.61. The molecule has 0 bridgehead atoms. The number of benzene rings is 2. The number of imide groups is 2. The Morgan fingerprint density at radius 3 is 2.50 bits per heavy atom. The minimum Gasteiger partial charge on any atom is -0.370 e. The molecular weight excluding hydrogens is 436 g/mol. The molecule has 4 amide bonds. The van der Waals surface area contributed by atoms with Gasteiger partial charge in [-0.3, -0.25) is 25.0 Å². The van der Waals surface area contributed by atoms with E-state index in [1.54, 1.807) is 25.2 Å². The quantitative estimate of drug-likeness (QED) is 0.426. The van der Waals surface area contributed by atoms with Gasteiger partial charge in [-0.1, -0.05) is 24.9 Å². The van der Waals surface area contributed by atoms with Crippen molar-refractivity contribution >= 4 is 46.5 Å². The molecule has 2 heterocycles. The van der Waals surface area contributed by atoms with Crippen LogP contribution in [0.4, 0.5) is 21.9 Å². The van der Waals surface area contributed by atoms with Crippen LogP contribution in [0.1, 0.15) is 25.3 Å². The molecule has 2 aromatic rings. The molecule has 1 N–H and O–H groups in total. The fraction of sp³-hybridized carbons (Fsp3) is 0.318. The summed E-state index contributed by atoms with van der Waals surface area (Å²) in [6.45, 7) is 1.94. The first kappa shape index (κ1) is 21.8. The summed E-state index contributed by atoms with van der Waals surface area (Å²) in [5.74, 6) is -1.35. The maximum absolute atomic E-state index is 13.9. The Morgan fingerprint density at radius 2 is 1.88 bits per heavy atom. The third-order valence-corrected chi connectivity index (χ3v) is 6.47. The summed E-state index contributed by atoms with van der Waals surface area (Å²) in [4.78, 5) is 53.5. The third kappa shape index (κ3) is 3.20. The van der Waals surface area contributed by atoms with Gasteiger partial charge in [-0.05, 0) is 42.3 Å². The number of fused-ring (bicyclic) bond motifs is 1. The Kier molecular flexibility index (Phi) is 5.37. The first-order valence-corrected chi connectivity index (χ1v) is 10.5. The van der Waals surface area contributed by atoms with Gasteiger partial charge in [-0.25, -0.2) is 9.69 Å². The number of nitrogens with one attached hydrogen (secondary N) is 1. The Bertz CT molecular complexity index is 1140. The minimum atomic E-state index is -1.62. The first-order valence-electron chi connectivity index (χ1n) is 10.2. The lowest BCUT2D eigenvalue weighted by Gasteiger charge is -2.50. The van der Waals surface area contributed by atoms with Gasteiger partial charge >= 0.3 is 6.03 Å². The zero-order chi connectivity index (χ0) is 23.2. The van der Waals surface area contributed by atoms with E-state index in [2.05, 4.69) is 5.32 Å². The van der Waals surface area contributed by atoms with Crippen molar-refractivity contribution < 1.29 is 19.3 Å². The summed E-state index contributed by atoms with van der Waals surface area (Å²) in [7, 11) is 1.76. The number of non-ortho nitro benzene ring substituents is 1. The van der Waals surface area contributed by atoms with E-state index >= 15 is 0 Å². The molecule has 1 saturated heterocycles. The highest BCUT2D eigenvalue weighted by Crippen LogP contribution is 2.46. The number of urea groups is 1. The molecule has 2 aromatic carbocycles. The molecule has 0 aliphatic carbocycles. The summed E-state index contributed by atoms with van der Waals surface area (Å²) < 4.78 is 0. The second kappa shape index (κ2) is 7.90. The highest BCUT2D eigenvalue weighted by molar-refractivity contribution is 6.32. The topological polar surface area (TPSA) is 113 Å². The van der Waals surface area contributed by atoms with Crippen molar-refractivity contribution in [3.63, 3.8) is 0 Å². The van der Waals surface area contributed by atoms with Gasteiger partial charge in [0.15, 0.2) is 5.41 Å². The number of nitro groups is 1. The lowest BCUT2D eigenvalue weighted by molar-refractivity contribution is -0.384. The molecule has 9 nitrogen and oxygen atoms in total. The molecule has 0 saturated carbocycles. The summed E-state index contributed by atoms with van der Waals surface area (Å²) in [5, 5.41) is 14.1. The third-order valence-electron chi connectivity index (χ3n) is 6.22. The smallest absolute Gasteiger partial charge is 0.335 e. The molecular formula is C22H21ClN4O5. The molecule has 2 aliphatic heterocycles. The minimum absolute atomic E-state index is 0.0545. The summed E-state index contributed by atoms with van der Waals surface area (Å²) in [5.41, 5.74) is -0.249. The van der Waals surface area contributed by atoms with E-state index in [0.717, 1.165) is 10.6 Å². The van der Waals surface area contributed by atoms with Gasteiger partial charge in [0.25, 0.3) is 11.6 Å². The van der Waals surface area contributed by atoms with Gasteiger partial charge in [-0.15, -0.1) is 0 Å². The SMILES string of the molecule is CCC[C@H]1N(C)c2ccc([N+](=O)[O-])cc2C[C@@]12C(=O)NC(=O)N(c1ccc(Cl)cc1)C2=O. The van der Waals surface area contributed by atoms with Crippen LogP contribution >= 0.6 is 11.6 Å². The van der Waals surface area contributed by atoms with Crippen LogP contribution in [0.3, 0.4) is 0 Å². The molecule has 0 unspecified atom stereocenters. The van der Waals surface area contributed by atoms with Crippen LogP contribution in [0.15, 0.2) is 42.5 Å².